The molecule has 0 aliphatic rings. The van der Waals surface area contributed by atoms with Crippen molar-refractivity contribution in [3.05, 3.63) is 89.7 Å². The summed E-state index contributed by atoms with van der Waals surface area (Å²) in [5.41, 5.74) is 9.76. The fraction of sp³-hybridized carbons (Fsp3) is 0.310. The highest BCUT2D eigenvalue weighted by atomic mass is 32.2. The third-order valence-electron chi connectivity index (χ3n) is 6.69. The minimum atomic E-state index is -3.72. The first-order valence-corrected chi connectivity index (χ1v) is 14.2. The van der Waals surface area contributed by atoms with E-state index in [9.17, 15) is 8.42 Å². The molecule has 0 saturated carbocycles. The van der Waals surface area contributed by atoms with E-state index in [1.54, 1.807) is 24.3 Å². The van der Waals surface area contributed by atoms with Crippen LogP contribution in [0.25, 0.3) is 11.0 Å². The van der Waals surface area contributed by atoms with Gasteiger partial charge in [-0.1, -0.05) is 42.5 Å². The number of aromatic nitrogens is 2. The number of nitrogens with one attached hydrogen (secondary N) is 1. The van der Waals surface area contributed by atoms with Crippen molar-refractivity contribution >= 4 is 32.6 Å². The molecule has 0 unspecified atom stereocenters. The maximum absolute atomic E-state index is 13.7. The van der Waals surface area contributed by atoms with E-state index in [-0.39, 0.29) is 10.7 Å². The quantitative estimate of drug-likeness (QED) is 0.162. The van der Waals surface area contributed by atoms with E-state index in [2.05, 4.69) is 9.47 Å². The number of hydrogen-bond donors (Lipinski definition) is 2. The normalized spacial score (nSPS) is 11.8. The average molecular weight is 533 g/mol. The summed E-state index contributed by atoms with van der Waals surface area (Å²) in [5.74, 6) is 0.986. The number of imidazole rings is 1. The van der Waals surface area contributed by atoms with Gasteiger partial charge in [0.2, 0.25) is 0 Å². The van der Waals surface area contributed by atoms with Crippen molar-refractivity contribution < 1.29 is 8.42 Å². The predicted molar refractivity (Wildman–Crippen MR) is 154 cm³/mol. The van der Waals surface area contributed by atoms with Crippen LogP contribution in [0.5, 0.6) is 0 Å². The maximum Gasteiger partial charge on any atom is 0.264 e. The smallest absolute Gasteiger partial charge is 0.264 e. The highest BCUT2D eigenvalue weighted by molar-refractivity contribution is 7.92. The zero-order valence-electron chi connectivity index (χ0n) is 22.3. The van der Waals surface area contributed by atoms with Crippen LogP contribution in [-0.2, 0) is 29.9 Å². The Morgan fingerprint density at radius 1 is 0.947 bits per heavy atom. The Morgan fingerprint density at radius 3 is 2.29 bits per heavy atom. The number of benzene rings is 3. The Morgan fingerprint density at radius 2 is 1.63 bits per heavy atom. The highest BCUT2D eigenvalue weighted by Crippen LogP contribution is 2.28. The van der Waals surface area contributed by atoms with Crippen LogP contribution in [0, 0.1) is 5.41 Å². The van der Waals surface area contributed by atoms with Crippen LogP contribution in [0.2, 0.25) is 0 Å². The summed E-state index contributed by atoms with van der Waals surface area (Å²) in [6, 6.07) is 22.0. The van der Waals surface area contributed by atoms with Crippen molar-refractivity contribution in [1.82, 2.24) is 14.5 Å². The van der Waals surface area contributed by atoms with Crippen molar-refractivity contribution in [2.24, 2.45) is 12.8 Å². The van der Waals surface area contributed by atoms with Crippen molar-refractivity contribution in [3.63, 3.8) is 0 Å². The van der Waals surface area contributed by atoms with Crippen molar-refractivity contribution in [3.8, 4) is 0 Å². The van der Waals surface area contributed by atoms with Crippen LogP contribution < -0.4 is 10.0 Å². The molecule has 4 rings (SSSR count). The van der Waals surface area contributed by atoms with Crippen molar-refractivity contribution in [2.75, 3.05) is 31.5 Å². The molecule has 1 heterocycles. The van der Waals surface area contributed by atoms with Gasteiger partial charge in [0.15, 0.2) is 0 Å². The van der Waals surface area contributed by atoms with Crippen LogP contribution in [0.4, 0.5) is 5.69 Å². The third-order valence-corrected chi connectivity index (χ3v) is 8.54. The molecule has 0 atom stereocenters. The zero-order chi connectivity index (χ0) is 27.3. The number of amidine groups is 1. The Hall–Kier alpha value is -3.69. The van der Waals surface area contributed by atoms with E-state index in [1.807, 2.05) is 69.7 Å². The van der Waals surface area contributed by atoms with Crippen LogP contribution in [-0.4, -0.2) is 55.9 Å². The zero-order valence-corrected chi connectivity index (χ0v) is 23.1. The molecule has 4 aromatic rings. The SMILES string of the molecule is CN(C)CCCCN(c1ccc2c(c1)nc(CCc1ccc(C(=N)N)cc1)n2C)S(=O)(=O)c1ccccc1. The first-order valence-electron chi connectivity index (χ1n) is 12.8. The largest absolute Gasteiger partial charge is 0.384 e. The molecule has 3 aromatic carbocycles. The van der Waals surface area contributed by atoms with E-state index in [0.717, 1.165) is 54.6 Å². The van der Waals surface area contributed by atoms with Gasteiger partial charge >= 0.3 is 0 Å². The molecule has 3 N–H and O–H groups in total. The lowest BCUT2D eigenvalue weighted by Gasteiger charge is -2.25. The molecule has 0 amide bonds. The van der Waals surface area contributed by atoms with Crippen LogP contribution in [0.15, 0.2) is 77.7 Å². The first-order chi connectivity index (χ1) is 18.2. The number of sulfonamides is 1. The number of hydrogen-bond acceptors (Lipinski definition) is 5. The average Bonchev–Trinajstić information content (AvgIpc) is 3.22. The van der Waals surface area contributed by atoms with E-state index in [0.29, 0.717) is 17.8 Å². The molecular weight excluding hydrogens is 496 g/mol. The van der Waals surface area contributed by atoms with Gasteiger partial charge < -0.3 is 15.2 Å². The lowest BCUT2D eigenvalue weighted by Crippen LogP contribution is -2.32. The standard InChI is InChI=1S/C29H36N6O2S/c1-33(2)19-7-8-20-35(38(36,37)25-9-5-4-6-10-25)24-16-17-27-26(21-24)32-28(34(27)3)18-13-22-11-14-23(15-12-22)29(30)31/h4-6,9-12,14-17,21H,7-8,13,18-20H2,1-3H3,(H3,30,31). The Balaban J connectivity index is 1.60. The minimum absolute atomic E-state index is 0.0590. The molecule has 0 spiro atoms. The van der Waals surface area contributed by atoms with Crippen LogP contribution >= 0.6 is 0 Å². The first kappa shape index (κ1) is 27.3. The summed E-state index contributed by atoms with van der Waals surface area (Å²) < 4.78 is 30.9. The van der Waals surface area contributed by atoms with Gasteiger partial charge in [-0.3, -0.25) is 9.71 Å². The molecule has 0 fully saturated rings. The fourth-order valence-electron chi connectivity index (χ4n) is 4.52. The molecule has 0 aliphatic heterocycles. The van der Waals surface area contributed by atoms with E-state index in [4.69, 9.17) is 16.1 Å². The summed E-state index contributed by atoms with van der Waals surface area (Å²) in [7, 11) is 2.31. The van der Waals surface area contributed by atoms with Crippen molar-refractivity contribution in [1.29, 1.82) is 5.41 Å². The maximum atomic E-state index is 13.7. The van der Waals surface area contributed by atoms with Gasteiger partial charge in [0.05, 0.1) is 21.6 Å². The van der Waals surface area contributed by atoms with Crippen molar-refractivity contribution in [2.45, 2.75) is 30.6 Å². The fourth-order valence-corrected chi connectivity index (χ4v) is 6.03. The van der Waals surface area contributed by atoms with Gasteiger partial charge in [-0.15, -0.1) is 0 Å². The van der Waals surface area contributed by atoms with E-state index < -0.39 is 10.0 Å². The van der Waals surface area contributed by atoms with Gasteiger partial charge in [0.1, 0.15) is 11.7 Å². The summed E-state index contributed by atoms with van der Waals surface area (Å²) in [5, 5.41) is 7.55. The molecule has 0 aliphatic carbocycles. The number of anilines is 1. The monoisotopic (exact) mass is 532 g/mol. The third kappa shape index (κ3) is 6.23. The summed E-state index contributed by atoms with van der Waals surface area (Å²) in [6.45, 7) is 1.30. The second-order valence-electron chi connectivity index (χ2n) is 9.77. The van der Waals surface area contributed by atoms with Crippen LogP contribution in [0.3, 0.4) is 0 Å². The van der Waals surface area contributed by atoms with Gasteiger partial charge in [-0.25, -0.2) is 13.4 Å². The number of nitrogens with zero attached hydrogens (tertiary/aromatic N) is 4. The van der Waals surface area contributed by atoms with Gasteiger partial charge in [0.25, 0.3) is 10.0 Å². The van der Waals surface area contributed by atoms with Crippen LogP contribution in [0.1, 0.15) is 29.8 Å². The Kier molecular flexibility index (Phi) is 8.48. The number of nitrogens with two attached hydrogens (primary N) is 1. The Bertz CT molecular complexity index is 1500. The number of unbranched alkanes of at least 4 members (excludes halogenated alkanes) is 1. The molecule has 38 heavy (non-hydrogen) atoms. The van der Waals surface area contributed by atoms with Gasteiger partial charge in [-0.2, -0.15) is 0 Å². The number of rotatable bonds is 12. The molecule has 9 heteroatoms. The molecule has 0 radical (unpaired) electrons. The van der Waals surface area contributed by atoms with E-state index in [1.165, 1.54) is 4.31 Å². The predicted octanol–water partition coefficient (Wildman–Crippen LogP) is 4.18. The van der Waals surface area contributed by atoms with Gasteiger partial charge in [-0.05, 0) is 75.8 Å². The highest BCUT2D eigenvalue weighted by Gasteiger charge is 2.25. The second-order valence-corrected chi connectivity index (χ2v) is 11.6. The lowest BCUT2D eigenvalue weighted by molar-refractivity contribution is 0.395. The lowest BCUT2D eigenvalue weighted by atomic mass is 10.1. The molecule has 1 aromatic heterocycles. The molecule has 0 bridgehead atoms. The summed E-state index contributed by atoms with van der Waals surface area (Å²) in [6.07, 6.45) is 3.18. The number of aryl methyl sites for hydroxylation is 3. The topological polar surface area (TPSA) is 108 Å². The molecule has 0 saturated heterocycles. The minimum Gasteiger partial charge on any atom is -0.384 e. The second kappa shape index (κ2) is 11.8. The number of nitrogen functional groups attached to an aromatic ring is 1. The summed E-state index contributed by atoms with van der Waals surface area (Å²) >= 11 is 0. The van der Waals surface area contributed by atoms with Gasteiger partial charge in [0, 0.05) is 25.6 Å². The molecule has 200 valence electrons. The number of fused-ring (bicyclic) bond motifs is 1. The van der Waals surface area contributed by atoms with E-state index >= 15 is 0 Å². The summed E-state index contributed by atoms with van der Waals surface area (Å²) in [4.78, 5) is 7.26. The molecule has 8 nitrogen and oxygen atoms in total. The molecular formula is C29H36N6O2S. The Labute approximate surface area is 225 Å².